The maximum Gasteiger partial charge on any atom is 0.289 e. The average Bonchev–Trinajstić information content (AvgIpc) is 3.06. The first-order valence-corrected chi connectivity index (χ1v) is 8.43. The molecule has 1 saturated heterocycles. The summed E-state index contributed by atoms with van der Waals surface area (Å²) in [5.74, 6) is 0.645. The molecular formula is C19H20N4O2. The van der Waals surface area contributed by atoms with Crippen LogP contribution in [0.15, 0.2) is 48.5 Å². The number of benzene rings is 2. The van der Waals surface area contributed by atoms with E-state index in [1.807, 2.05) is 41.3 Å². The number of H-pyrrole nitrogens is 1. The minimum absolute atomic E-state index is 0.0480. The molecule has 128 valence electrons. The second kappa shape index (κ2) is 6.57. The SMILES string of the molecule is O=C(c1nc2ccccc2[nH]1)N1CCN(Cc2cccc(O)c2)CC1. The van der Waals surface area contributed by atoms with Crippen LogP contribution < -0.4 is 0 Å². The number of imidazole rings is 1. The van der Waals surface area contributed by atoms with Gasteiger partial charge in [0.05, 0.1) is 11.0 Å². The molecule has 1 aliphatic rings. The summed E-state index contributed by atoms with van der Waals surface area (Å²) in [6, 6.07) is 15.0. The van der Waals surface area contributed by atoms with Gasteiger partial charge in [0.1, 0.15) is 5.75 Å². The molecule has 2 aromatic carbocycles. The smallest absolute Gasteiger partial charge is 0.289 e. The Bertz CT molecular complexity index is 864. The molecule has 0 aliphatic carbocycles. The predicted molar refractivity (Wildman–Crippen MR) is 95.4 cm³/mol. The van der Waals surface area contributed by atoms with E-state index in [1.165, 1.54) is 0 Å². The molecule has 0 atom stereocenters. The zero-order chi connectivity index (χ0) is 17.2. The van der Waals surface area contributed by atoms with Crippen LogP contribution in [0.2, 0.25) is 0 Å². The van der Waals surface area contributed by atoms with Crippen LogP contribution in [0, 0.1) is 0 Å². The molecular weight excluding hydrogens is 316 g/mol. The van der Waals surface area contributed by atoms with Crippen molar-refractivity contribution in [1.82, 2.24) is 19.8 Å². The van der Waals surface area contributed by atoms with Crippen molar-refractivity contribution >= 4 is 16.9 Å². The third kappa shape index (κ3) is 3.34. The van der Waals surface area contributed by atoms with Gasteiger partial charge in [-0.2, -0.15) is 0 Å². The Balaban J connectivity index is 1.38. The Kier molecular flexibility index (Phi) is 4.11. The lowest BCUT2D eigenvalue weighted by atomic mass is 10.2. The van der Waals surface area contributed by atoms with Crippen LogP contribution in [-0.4, -0.2) is 57.0 Å². The summed E-state index contributed by atoms with van der Waals surface area (Å²) in [6.45, 7) is 3.74. The van der Waals surface area contributed by atoms with Crippen LogP contribution in [-0.2, 0) is 6.54 Å². The molecule has 3 aromatic rings. The number of rotatable bonds is 3. The van der Waals surface area contributed by atoms with E-state index in [1.54, 1.807) is 12.1 Å². The number of phenolic OH excluding ortho intramolecular Hbond substituents is 1. The summed E-state index contributed by atoms with van der Waals surface area (Å²) < 4.78 is 0. The summed E-state index contributed by atoms with van der Waals surface area (Å²) in [5.41, 5.74) is 2.78. The quantitative estimate of drug-likeness (QED) is 0.769. The van der Waals surface area contributed by atoms with Crippen molar-refractivity contribution in [3.63, 3.8) is 0 Å². The van der Waals surface area contributed by atoms with Gasteiger partial charge >= 0.3 is 0 Å². The fraction of sp³-hybridized carbons (Fsp3) is 0.263. The van der Waals surface area contributed by atoms with Crippen molar-refractivity contribution in [2.24, 2.45) is 0 Å². The Labute approximate surface area is 145 Å². The van der Waals surface area contributed by atoms with Crippen molar-refractivity contribution in [3.05, 3.63) is 59.9 Å². The van der Waals surface area contributed by atoms with E-state index in [0.717, 1.165) is 36.2 Å². The topological polar surface area (TPSA) is 72.5 Å². The lowest BCUT2D eigenvalue weighted by Gasteiger charge is -2.34. The van der Waals surface area contributed by atoms with Gasteiger partial charge in [-0.15, -0.1) is 0 Å². The third-order valence-corrected chi connectivity index (χ3v) is 4.57. The number of para-hydroxylation sites is 2. The zero-order valence-electron chi connectivity index (χ0n) is 13.9. The van der Waals surface area contributed by atoms with Gasteiger partial charge < -0.3 is 15.0 Å². The molecule has 1 aromatic heterocycles. The number of carbonyl (C=O) groups excluding carboxylic acids is 1. The Morgan fingerprint density at radius 1 is 1.08 bits per heavy atom. The minimum Gasteiger partial charge on any atom is -0.508 e. The van der Waals surface area contributed by atoms with Gasteiger partial charge in [-0.1, -0.05) is 24.3 Å². The van der Waals surface area contributed by atoms with Crippen LogP contribution in [0.5, 0.6) is 5.75 Å². The summed E-state index contributed by atoms with van der Waals surface area (Å²) in [7, 11) is 0. The second-order valence-electron chi connectivity index (χ2n) is 6.34. The first-order valence-electron chi connectivity index (χ1n) is 8.43. The summed E-state index contributed by atoms with van der Waals surface area (Å²) in [4.78, 5) is 24.3. The summed E-state index contributed by atoms with van der Waals surface area (Å²) in [6.07, 6.45) is 0. The number of piperazine rings is 1. The molecule has 6 heteroatoms. The maximum atomic E-state index is 12.7. The van der Waals surface area contributed by atoms with Crippen LogP contribution in [0.4, 0.5) is 0 Å². The summed E-state index contributed by atoms with van der Waals surface area (Å²) >= 11 is 0. The van der Waals surface area contributed by atoms with Crippen molar-refractivity contribution in [3.8, 4) is 5.75 Å². The molecule has 1 fully saturated rings. The number of hydrogen-bond acceptors (Lipinski definition) is 4. The van der Waals surface area contributed by atoms with E-state index >= 15 is 0 Å². The molecule has 2 heterocycles. The molecule has 4 rings (SSSR count). The van der Waals surface area contributed by atoms with Gasteiger partial charge in [-0.05, 0) is 29.8 Å². The standard InChI is InChI=1S/C19H20N4O2/c24-15-5-3-4-14(12-15)13-22-8-10-23(11-9-22)19(25)18-20-16-6-1-2-7-17(16)21-18/h1-7,12,24H,8-11,13H2,(H,20,21). The number of aromatic hydroxyl groups is 1. The van der Waals surface area contributed by atoms with E-state index in [4.69, 9.17) is 0 Å². The maximum absolute atomic E-state index is 12.7. The van der Waals surface area contributed by atoms with E-state index in [9.17, 15) is 9.90 Å². The van der Waals surface area contributed by atoms with Gasteiger partial charge in [-0.3, -0.25) is 9.69 Å². The van der Waals surface area contributed by atoms with E-state index in [-0.39, 0.29) is 11.7 Å². The molecule has 1 amide bonds. The van der Waals surface area contributed by atoms with Gasteiger partial charge in [0.15, 0.2) is 5.82 Å². The number of nitrogens with zero attached hydrogens (tertiary/aromatic N) is 3. The van der Waals surface area contributed by atoms with Gasteiger partial charge in [-0.25, -0.2) is 4.98 Å². The highest BCUT2D eigenvalue weighted by Gasteiger charge is 2.24. The minimum atomic E-state index is -0.0480. The van der Waals surface area contributed by atoms with Gasteiger partial charge in [0.2, 0.25) is 0 Å². The summed E-state index contributed by atoms with van der Waals surface area (Å²) in [5, 5.41) is 9.56. The molecule has 0 spiro atoms. The molecule has 6 nitrogen and oxygen atoms in total. The van der Waals surface area contributed by atoms with Crippen molar-refractivity contribution in [1.29, 1.82) is 0 Å². The fourth-order valence-corrected chi connectivity index (χ4v) is 3.23. The third-order valence-electron chi connectivity index (χ3n) is 4.57. The Morgan fingerprint density at radius 2 is 1.88 bits per heavy atom. The lowest BCUT2D eigenvalue weighted by molar-refractivity contribution is 0.0618. The highest BCUT2D eigenvalue weighted by atomic mass is 16.3. The Hall–Kier alpha value is -2.86. The Morgan fingerprint density at radius 3 is 2.64 bits per heavy atom. The number of aromatic nitrogens is 2. The van der Waals surface area contributed by atoms with E-state index < -0.39 is 0 Å². The normalized spacial score (nSPS) is 15.6. The van der Waals surface area contributed by atoms with Crippen molar-refractivity contribution in [2.75, 3.05) is 26.2 Å². The van der Waals surface area contributed by atoms with Gasteiger partial charge in [0, 0.05) is 32.7 Å². The molecule has 1 aliphatic heterocycles. The molecule has 0 bridgehead atoms. The number of aromatic amines is 1. The average molecular weight is 336 g/mol. The van der Waals surface area contributed by atoms with Crippen LogP contribution in [0.1, 0.15) is 16.2 Å². The molecule has 0 unspecified atom stereocenters. The number of carbonyl (C=O) groups is 1. The molecule has 0 saturated carbocycles. The van der Waals surface area contributed by atoms with Crippen LogP contribution >= 0.6 is 0 Å². The first kappa shape index (κ1) is 15.7. The number of amides is 1. The number of nitrogens with one attached hydrogen (secondary N) is 1. The second-order valence-corrected chi connectivity index (χ2v) is 6.34. The highest BCUT2D eigenvalue weighted by Crippen LogP contribution is 2.16. The molecule has 0 radical (unpaired) electrons. The largest absolute Gasteiger partial charge is 0.508 e. The van der Waals surface area contributed by atoms with Crippen LogP contribution in [0.3, 0.4) is 0 Å². The zero-order valence-corrected chi connectivity index (χ0v) is 13.9. The predicted octanol–water partition coefficient (Wildman–Crippen LogP) is 2.23. The van der Waals surface area contributed by atoms with Gasteiger partial charge in [0.25, 0.3) is 5.91 Å². The van der Waals surface area contributed by atoms with E-state index in [0.29, 0.717) is 18.9 Å². The fourth-order valence-electron chi connectivity index (χ4n) is 3.23. The van der Waals surface area contributed by atoms with Crippen molar-refractivity contribution in [2.45, 2.75) is 6.54 Å². The van der Waals surface area contributed by atoms with Crippen molar-refractivity contribution < 1.29 is 9.90 Å². The number of phenols is 1. The first-order chi connectivity index (χ1) is 12.2. The number of hydrogen-bond donors (Lipinski definition) is 2. The monoisotopic (exact) mass is 336 g/mol. The lowest BCUT2D eigenvalue weighted by Crippen LogP contribution is -2.48. The molecule has 25 heavy (non-hydrogen) atoms. The van der Waals surface area contributed by atoms with E-state index in [2.05, 4.69) is 14.9 Å². The number of fused-ring (bicyclic) bond motifs is 1. The van der Waals surface area contributed by atoms with Crippen LogP contribution in [0.25, 0.3) is 11.0 Å². The highest BCUT2D eigenvalue weighted by molar-refractivity contribution is 5.94. The molecule has 2 N–H and O–H groups in total.